The Labute approximate surface area is 119 Å². The Morgan fingerprint density at radius 1 is 1.40 bits per heavy atom. The average molecular weight is 277 g/mol. The number of amides is 1. The molecule has 0 aliphatic rings. The molecule has 0 bridgehead atoms. The summed E-state index contributed by atoms with van der Waals surface area (Å²) >= 11 is 0. The first-order valence-electron chi connectivity index (χ1n) is 6.75. The van der Waals surface area contributed by atoms with Crippen LogP contribution in [0.15, 0.2) is 18.2 Å². The lowest BCUT2D eigenvalue weighted by atomic mass is 10.1. The predicted molar refractivity (Wildman–Crippen MR) is 76.8 cm³/mol. The minimum absolute atomic E-state index is 0.0542. The maximum Gasteiger partial charge on any atom is 0.256 e. The fraction of sp³-hybridized carbons (Fsp3) is 0.438. The van der Waals surface area contributed by atoms with Gasteiger partial charge in [-0.2, -0.15) is 0 Å². The van der Waals surface area contributed by atoms with Gasteiger partial charge in [0.05, 0.1) is 5.56 Å². The van der Waals surface area contributed by atoms with Crippen LogP contribution in [0, 0.1) is 17.7 Å². The van der Waals surface area contributed by atoms with Gasteiger partial charge in [-0.25, -0.2) is 4.39 Å². The first-order chi connectivity index (χ1) is 9.60. The smallest absolute Gasteiger partial charge is 0.256 e. The Hall–Kier alpha value is -1.86. The number of carbonyl (C=O) groups is 1. The number of hydrogen-bond donors (Lipinski definition) is 1. The zero-order valence-electron chi connectivity index (χ0n) is 11.9. The van der Waals surface area contributed by atoms with Crippen molar-refractivity contribution in [1.29, 1.82) is 0 Å². The SMILES string of the molecule is CCCCCN(C)C(=O)c1ccc(C#CCO)cc1F. The normalized spacial score (nSPS) is 9.80. The lowest BCUT2D eigenvalue weighted by Gasteiger charge is -2.17. The van der Waals surface area contributed by atoms with E-state index in [2.05, 4.69) is 18.8 Å². The summed E-state index contributed by atoms with van der Waals surface area (Å²) in [7, 11) is 1.68. The molecule has 0 aliphatic heterocycles. The topological polar surface area (TPSA) is 40.5 Å². The van der Waals surface area contributed by atoms with E-state index in [9.17, 15) is 9.18 Å². The third-order valence-corrected chi connectivity index (χ3v) is 2.96. The largest absolute Gasteiger partial charge is 0.384 e. The number of nitrogens with zero attached hydrogens (tertiary/aromatic N) is 1. The third-order valence-electron chi connectivity index (χ3n) is 2.96. The molecule has 4 heteroatoms. The van der Waals surface area contributed by atoms with Crippen LogP contribution in [-0.4, -0.2) is 36.1 Å². The van der Waals surface area contributed by atoms with Crippen LogP contribution < -0.4 is 0 Å². The Bertz CT molecular complexity index is 517. The summed E-state index contributed by atoms with van der Waals surface area (Å²) in [5.74, 6) is 4.15. The van der Waals surface area contributed by atoms with Crippen molar-refractivity contribution in [3.05, 3.63) is 35.1 Å². The van der Waals surface area contributed by atoms with Crippen LogP contribution in [0.4, 0.5) is 4.39 Å². The second-order valence-corrected chi connectivity index (χ2v) is 4.59. The molecule has 0 aliphatic carbocycles. The summed E-state index contributed by atoms with van der Waals surface area (Å²) in [6, 6.07) is 4.24. The average Bonchev–Trinajstić information content (AvgIpc) is 2.44. The number of rotatable bonds is 5. The Kier molecular flexibility index (Phi) is 6.75. The maximum absolute atomic E-state index is 13.9. The molecular formula is C16H20FNO2. The van der Waals surface area contributed by atoms with Gasteiger partial charge in [-0.05, 0) is 24.6 Å². The molecule has 0 saturated carbocycles. The highest BCUT2D eigenvalue weighted by Crippen LogP contribution is 2.12. The molecule has 0 spiro atoms. The van der Waals surface area contributed by atoms with Crippen LogP contribution in [0.2, 0.25) is 0 Å². The molecule has 1 aromatic rings. The molecule has 1 aromatic carbocycles. The Morgan fingerprint density at radius 2 is 2.15 bits per heavy atom. The van der Waals surface area contributed by atoms with Gasteiger partial charge in [0.25, 0.3) is 5.91 Å². The van der Waals surface area contributed by atoms with Gasteiger partial charge in [0.15, 0.2) is 0 Å². The number of aliphatic hydroxyl groups excluding tert-OH is 1. The highest BCUT2D eigenvalue weighted by Gasteiger charge is 2.15. The van der Waals surface area contributed by atoms with Crippen molar-refractivity contribution in [2.75, 3.05) is 20.2 Å². The van der Waals surface area contributed by atoms with Gasteiger partial charge in [-0.1, -0.05) is 31.6 Å². The second-order valence-electron chi connectivity index (χ2n) is 4.59. The fourth-order valence-corrected chi connectivity index (χ4v) is 1.81. The number of unbranched alkanes of at least 4 members (excludes halogenated alkanes) is 2. The summed E-state index contributed by atoms with van der Waals surface area (Å²) in [5.41, 5.74) is 0.500. The van der Waals surface area contributed by atoms with Gasteiger partial charge in [0.2, 0.25) is 0 Å². The molecule has 0 saturated heterocycles. The van der Waals surface area contributed by atoms with Gasteiger partial charge in [0, 0.05) is 19.2 Å². The highest BCUT2D eigenvalue weighted by molar-refractivity contribution is 5.94. The number of aliphatic hydroxyl groups is 1. The summed E-state index contributed by atoms with van der Waals surface area (Å²) < 4.78 is 13.9. The Morgan fingerprint density at radius 3 is 2.75 bits per heavy atom. The van der Waals surface area contributed by atoms with E-state index in [-0.39, 0.29) is 18.1 Å². The summed E-state index contributed by atoms with van der Waals surface area (Å²) in [6.07, 6.45) is 3.05. The van der Waals surface area contributed by atoms with E-state index in [1.54, 1.807) is 13.1 Å². The van der Waals surface area contributed by atoms with Crippen LogP contribution >= 0.6 is 0 Å². The van der Waals surface area contributed by atoms with E-state index in [4.69, 9.17) is 5.11 Å². The molecule has 20 heavy (non-hydrogen) atoms. The monoisotopic (exact) mass is 277 g/mol. The molecule has 0 fully saturated rings. The second kappa shape index (κ2) is 8.34. The van der Waals surface area contributed by atoms with Crippen LogP contribution in [0.25, 0.3) is 0 Å². The van der Waals surface area contributed by atoms with E-state index < -0.39 is 5.82 Å². The van der Waals surface area contributed by atoms with E-state index in [0.29, 0.717) is 12.1 Å². The summed E-state index contributed by atoms with van der Waals surface area (Å²) in [4.78, 5) is 13.6. The zero-order chi connectivity index (χ0) is 15.0. The van der Waals surface area contributed by atoms with Crippen LogP contribution in [0.1, 0.15) is 42.1 Å². The zero-order valence-corrected chi connectivity index (χ0v) is 11.9. The van der Waals surface area contributed by atoms with Crippen molar-refractivity contribution in [2.45, 2.75) is 26.2 Å². The highest BCUT2D eigenvalue weighted by atomic mass is 19.1. The molecule has 0 radical (unpaired) electrons. The van der Waals surface area contributed by atoms with Gasteiger partial charge in [0.1, 0.15) is 12.4 Å². The van der Waals surface area contributed by atoms with Crippen molar-refractivity contribution in [3.63, 3.8) is 0 Å². The first kappa shape index (κ1) is 16.2. The van der Waals surface area contributed by atoms with Crippen molar-refractivity contribution < 1.29 is 14.3 Å². The van der Waals surface area contributed by atoms with E-state index in [0.717, 1.165) is 19.3 Å². The lowest BCUT2D eigenvalue weighted by Crippen LogP contribution is -2.28. The van der Waals surface area contributed by atoms with Crippen LogP contribution in [0.3, 0.4) is 0 Å². The molecule has 0 unspecified atom stereocenters. The van der Waals surface area contributed by atoms with Gasteiger partial charge in [-0.15, -0.1) is 0 Å². The van der Waals surface area contributed by atoms with Gasteiger partial charge < -0.3 is 10.0 Å². The minimum atomic E-state index is -0.581. The molecule has 0 aromatic heterocycles. The quantitative estimate of drug-likeness (QED) is 0.663. The first-order valence-corrected chi connectivity index (χ1v) is 6.75. The number of benzene rings is 1. The maximum atomic E-state index is 13.9. The van der Waals surface area contributed by atoms with Crippen LogP contribution in [-0.2, 0) is 0 Å². The molecule has 1 amide bonds. The van der Waals surface area contributed by atoms with Crippen molar-refractivity contribution in [3.8, 4) is 11.8 Å². The number of hydrogen-bond acceptors (Lipinski definition) is 2. The van der Waals surface area contributed by atoms with E-state index in [1.807, 2.05) is 0 Å². The third kappa shape index (κ3) is 4.67. The molecule has 1 rings (SSSR count). The minimum Gasteiger partial charge on any atom is -0.384 e. The molecule has 3 nitrogen and oxygen atoms in total. The van der Waals surface area contributed by atoms with Crippen LogP contribution in [0.5, 0.6) is 0 Å². The summed E-state index contributed by atoms with van der Waals surface area (Å²) in [5, 5.41) is 8.59. The molecular weight excluding hydrogens is 257 g/mol. The van der Waals surface area contributed by atoms with Gasteiger partial charge in [-0.3, -0.25) is 4.79 Å². The van der Waals surface area contributed by atoms with Crippen molar-refractivity contribution >= 4 is 5.91 Å². The Balaban J connectivity index is 2.78. The standard InChI is InChI=1S/C16H20FNO2/c1-3-4-5-10-18(2)16(20)14-9-8-13(7-6-11-19)12-15(14)17/h8-9,12,19H,3-5,10-11H2,1-2H3. The molecule has 0 heterocycles. The fourth-order valence-electron chi connectivity index (χ4n) is 1.81. The lowest BCUT2D eigenvalue weighted by molar-refractivity contribution is 0.0788. The van der Waals surface area contributed by atoms with Crippen molar-refractivity contribution in [2.24, 2.45) is 0 Å². The van der Waals surface area contributed by atoms with Gasteiger partial charge >= 0.3 is 0 Å². The van der Waals surface area contributed by atoms with E-state index >= 15 is 0 Å². The molecule has 108 valence electrons. The van der Waals surface area contributed by atoms with E-state index in [1.165, 1.54) is 17.0 Å². The number of carbonyl (C=O) groups excluding carboxylic acids is 1. The predicted octanol–water partition coefficient (Wildman–Crippen LogP) is 2.43. The molecule has 0 atom stereocenters. The number of halogens is 1. The summed E-state index contributed by atoms with van der Waals surface area (Å²) in [6.45, 7) is 2.44. The van der Waals surface area contributed by atoms with Crippen molar-refractivity contribution in [1.82, 2.24) is 4.90 Å². The molecule has 1 N–H and O–H groups in total.